The number of nitrogen functional groups attached to an aromatic ring is 1. The Balaban J connectivity index is 2.06. The lowest BCUT2D eigenvalue weighted by Crippen LogP contribution is -2.01. The van der Waals surface area contributed by atoms with Gasteiger partial charge in [-0.3, -0.25) is 0 Å². The third kappa shape index (κ3) is 3.64. The topological polar surface area (TPSA) is 47.3 Å². The van der Waals surface area contributed by atoms with Crippen LogP contribution in [0, 0.1) is 0 Å². The van der Waals surface area contributed by atoms with Crippen molar-refractivity contribution >= 4 is 22.7 Å². The van der Waals surface area contributed by atoms with Gasteiger partial charge in [0.1, 0.15) is 5.75 Å². The van der Waals surface area contributed by atoms with Crippen LogP contribution < -0.4 is 15.8 Å². The zero-order valence-corrected chi connectivity index (χ0v) is 12.2. The lowest BCUT2D eigenvalue weighted by Gasteiger charge is -2.10. The number of hydrogen-bond donors (Lipinski definition) is 2. The minimum Gasteiger partial charge on any atom is -0.494 e. The number of aryl methyl sites for hydroxylation is 1. The molecule has 0 fully saturated rings. The second-order valence-electron chi connectivity index (χ2n) is 4.30. The monoisotopic (exact) mass is 276 g/mol. The van der Waals surface area contributed by atoms with Gasteiger partial charge in [-0.05, 0) is 36.4 Å². The molecule has 0 spiro atoms. The van der Waals surface area contributed by atoms with E-state index < -0.39 is 0 Å². The molecule has 1 aromatic heterocycles. The van der Waals surface area contributed by atoms with Crippen LogP contribution in [0.5, 0.6) is 5.75 Å². The van der Waals surface area contributed by atoms with Crippen molar-refractivity contribution < 1.29 is 4.74 Å². The lowest BCUT2D eigenvalue weighted by atomic mass is 10.2. The highest BCUT2D eigenvalue weighted by atomic mass is 32.1. The van der Waals surface area contributed by atoms with Crippen LogP contribution in [0.25, 0.3) is 0 Å². The molecule has 0 saturated carbocycles. The smallest absolute Gasteiger partial charge is 0.123 e. The SMILES string of the molecule is CCOc1cc(N)cc(NCc2sccc2CC)c1. The van der Waals surface area contributed by atoms with Gasteiger partial charge >= 0.3 is 0 Å². The average Bonchev–Trinajstić information content (AvgIpc) is 2.83. The van der Waals surface area contributed by atoms with Crippen molar-refractivity contribution in [1.82, 2.24) is 0 Å². The predicted molar refractivity (Wildman–Crippen MR) is 83.0 cm³/mol. The van der Waals surface area contributed by atoms with E-state index >= 15 is 0 Å². The van der Waals surface area contributed by atoms with Crippen molar-refractivity contribution in [2.45, 2.75) is 26.8 Å². The Morgan fingerprint density at radius 3 is 2.84 bits per heavy atom. The summed E-state index contributed by atoms with van der Waals surface area (Å²) in [4.78, 5) is 1.38. The minimum absolute atomic E-state index is 0.647. The molecule has 0 saturated heterocycles. The maximum absolute atomic E-state index is 5.88. The number of anilines is 2. The molecule has 0 bridgehead atoms. The van der Waals surface area contributed by atoms with Gasteiger partial charge in [0.2, 0.25) is 0 Å². The third-order valence-corrected chi connectivity index (χ3v) is 3.87. The van der Waals surface area contributed by atoms with Gasteiger partial charge in [0.15, 0.2) is 0 Å². The van der Waals surface area contributed by atoms with Crippen molar-refractivity contribution in [1.29, 1.82) is 0 Å². The molecular weight excluding hydrogens is 256 g/mol. The zero-order chi connectivity index (χ0) is 13.7. The summed E-state index contributed by atoms with van der Waals surface area (Å²) in [5, 5.41) is 5.55. The van der Waals surface area contributed by atoms with E-state index in [0.717, 1.165) is 30.1 Å². The average molecular weight is 276 g/mol. The number of nitrogens with one attached hydrogen (secondary N) is 1. The van der Waals surface area contributed by atoms with Crippen LogP contribution in [-0.4, -0.2) is 6.61 Å². The van der Waals surface area contributed by atoms with Gasteiger partial charge in [-0.15, -0.1) is 11.3 Å². The predicted octanol–water partition coefficient (Wildman–Crippen LogP) is 3.90. The van der Waals surface area contributed by atoms with Gasteiger partial charge in [0.05, 0.1) is 6.61 Å². The Morgan fingerprint density at radius 1 is 1.26 bits per heavy atom. The molecule has 0 aliphatic heterocycles. The van der Waals surface area contributed by atoms with Crippen LogP contribution in [0.1, 0.15) is 24.3 Å². The van der Waals surface area contributed by atoms with Crippen molar-refractivity contribution in [3.05, 3.63) is 40.1 Å². The summed E-state index contributed by atoms with van der Waals surface area (Å²) in [7, 11) is 0. The van der Waals surface area contributed by atoms with Crippen molar-refractivity contribution in [3.63, 3.8) is 0 Å². The summed E-state index contributed by atoms with van der Waals surface area (Å²) in [6, 6.07) is 7.95. The molecule has 102 valence electrons. The zero-order valence-electron chi connectivity index (χ0n) is 11.4. The number of benzene rings is 1. The second-order valence-corrected chi connectivity index (χ2v) is 5.30. The van der Waals surface area contributed by atoms with Gasteiger partial charge in [-0.25, -0.2) is 0 Å². The van der Waals surface area contributed by atoms with E-state index in [1.807, 2.05) is 25.1 Å². The van der Waals surface area contributed by atoms with Crippen molar-refractivity contribution in [2.24, 2.45) is 0 Å². The molecule has 0 amide bonds. The first-order valence-corrected chi connectivity index (χ1v) is 7.43. The number of hydrogen-bond acceptors (Lipinski definition) is 4. The molecule has 0 unspecified atom stereocenters. The standard InChI is InChI=1S/C15H20N2OS/c1-3-11-5-6-19-15(11)10-17-13-7-12(16)8-14(9-13)18-4-2/h5-9,17H,3-4,10,16H2,1-2H3. The fourth-order valence-electron chi connectivity index (χ4n) is 1.99. The van der Waals surface area contributed by atoms with Crippen LogP contribution in [0.3, 0.4) is 0 Å². The molecule has 3 nitrogen and oxygen atoms in total. The summed E-state index contributed by atoms with van der Waals surface area (Å²) < 4.78 is 5.49. The summed E-state index contributed by atoms with van der Waals surface area (Å²) >= 11 is 1.79. The highest BCUT2D eigenvalue weighted by Crippen LogP contribution is 2.24. The molecule has 0 atom stereocenters. The third-order valence-electron chi connectivity index (χ3n) is 2.91. The highest BCUT2D eigenvalue weighted by molar-refractivity contribution is 7.10. The lowest BCUT2D eigenvalue weighted by molar-refractivity contribution is 0.340. The molecule has 0 radical (unpaired) electrons. The van der Waals surface area contributed by atoms with E-state index in [1.54, 1.807) is 11.3 Å². The molecule has 1 aromatic carbocycles. The van der Waals surface area contributed by atoms with E-state index in [-0.39, 0.29) is 0 Å². The first-order chi connectivity index (χ1) is 9.22. The Bertz CT molecular complexity index is 537. The van der Waals surface area contributed by atoms with Crippen LogP contribution in [0.4, 0.5) is 11.4 Å². The quantitative estimate of drug-likeness (QED) is 0.787. The van der Waals surface area contributed by atoms with Gasteiger partial charge in [0, 0.05) is 34.9 Å². The second kappa shape index (κ2) is 6.48. The Labute approximate surface area is 118 Å². The van der Waals surface area contributed by atoms with E-state index in [4.69, 9.17) is 10.5 Å². The Hall–Kier alpha value is -1.68. The van der Waals surface area contributed by atoms with Crippen molar-refractivity contribution in [2.75, 3.05) is 17.7 Å². The summed E-state index contributed by atoms with van der Waals surface area (Å²) in [6.45, 7) is 5.62. The highest BCUT2D eigenvalue weighted by Gasteiger charge is 2.04. The molecule has 0 aliphatic carbocycles. The Kier molecular flexibility index (Phi) is 4.68. The van der Waals surface area contributed by atoms with Crippen molar-refractivity contribution in [3.8, 4) is 5.75 Å². The maximum Gasteiger partial charge on any atom is 0.123 e. The molecular formula is C15H20N2OS. The Morgan fingerprint density at radius 2 is 2.11 bits per heavy atom. The van der Waals surface area contributed by atoms with Crippen LogP contribution in [0.2, 0.25) is 0 Å². The number of ether oxygens (including phenoxy) is 1. The van der Waals surface area contributed by atoms with E-state index in [1.165, 1.54) is 10.4 Å². The van der Waals surface area contributed by atoms with Crippen LogP contribution >= 0.6 is 11.3 Å². The normalized spacial score (nSPS) is 10.4. The van der Waals surface area contributed by atoms with E-state index in [9.17, 15) is 0 Å². The molecule has 4 heteroatoms. The summed E-state index contributed by atoms with van der Waals surface area (Å²) in [5.74, 6) is 0.812. The number of nitrogens with two attached hydrogens (primary N) is 1. The van der Waals surface area contributed by atoms with Gasteiger partial charge < -0.3 is 15.8 Å². The first-order valence-electron chi connectivity index (χ1n) is 6.55. The van der Waals surface area contributed by atoms with Crippen LogP contribution in [-0.2, 0) is 13.0 Å². The van der Waals surface area contributed by atoms with E-state index in [0.29, 0.717) is 6.61 Å². The maximum atomic E-state index is 5.88. The summed E-state index contributed by atoms with van der Waals surface area (Å²) in [5.41, 5.74) is 9.00. The van der Waals surface area contributed by atoms with Gasteiger partial charge in [-0.1, -0.05) is 6.92 Å². The van der Waals surface area contributed by atoms with Crippen LogP contribution in [0.15, 0.2) is 29.6 Å². The number of thiophene rings is 1. The molecule has 0 aliphatic rings. The molecule has 2 rings (SSSR count). The molecule has 1 heterocycles. The fraction of sp³-hybridized carbons (Fsp3) is 0.333. The van der Waals surface area contributed by atoms with Gasteiger partial charge in [0.25, 0.3) is 0 Å². The number of rotatable bonds is 6. The molecule has 19 heavy (non-hydrogen) atoms. The minimum atomic E-state index is 0.647. The fourth-order valence-corrected chi connectivity index (χ4v) is 2.91. The molecule has 3 N–H and O–H groups in total. The first kappa shape index (κ1) is 13.7. The summed E-state index contributed by atoms with van der Waals surface area (Å²) in [6.07, 6.45) is 1.07. The van der Waals surface area contributed by atoms with E-state index in [2.05, 4.69) is 23.7 Å². The molecule has 2 aromatic rings. The largest absolute Gasteiger partial charge is 0.494 e. The van der Waals surface area contributed by atoms with Gasteiger partial charge in [-0.2, -0.15) is 0 Å².